The number of carbonyl (C=O) groups is 1. The molecule has 2 aromatic rings. The number of nitrogens with zero attached hydrogens (tertiary/aromatic N) is 2. The molecule has 0 aliphatic carbocycles. The van der Waals surface area contributed by atoms with Gasteiger partial charge in [-0.1, -0.05) is 12.1 Å². The van der Waals surface area contributed by atoms with Crippen LogP contribution in [0.25, 0.3) is 10.2 Å². The Morgan fingerprint density at radius 2 is 2.33 bits per heavy atom. The number of rotatable bonds is 3. The van der Waals surface area contributed by atoms with Gasteiger partial charge in [-0.25, -0.2) is 4.98 Å². The van der Waals surface area contributed by atoms with Crippen molar-refractivity contribution in [3.63, 3.8) is 0 Å². The maximum Gasteiger partial charge on any atom is 0.160 e. The molecule has 21 heavy (non-hydrogen) atoms. The second-order valence-corrected chi connectivity index (χ2v) is 6.45. The molecular weight excluding hydrogens is 284 g/mol. The highest BCUT2D eigenvalue weighted by Crippen LogP contribution is 2.32. The van der Waals surface area contributed by atoms with Crippen LogP contribution >= 0.6 is 11.3 Å². The third kappa shape index (κ3) is 2.82. The molecule has 2 heterocycles. The van der Waals surface area contributed by atoms with Gasteiger partial charge in [-0.05, 0) is 31.9 Å². The monoisotopic (exact) mass is 300 g/mol. The Hall–Kier alpha value is -1.77. The fraction of sp³-hybridized carbons (Fsp3) is 0.438. The minimum atomic E-state index is -0.752. The maximum atomic E-state index is 12.6. The molecule has 1 aromatic heterocycles. The van der Waals surface area contributed by atoms with E-state index < -0.39 is 5.92 Å². The van der Waals surface area contributed by atoms with Crippen LogP contribution in [-0.2, 0) is 9.53 Å². The lowest BCUT2D eigenvalue weighted by Gasteiger charge is -2.27. The molecule has 3 rings (SSSR count). The van der Waals surface area contributed by atoms with Crippen LogP contribution in [0.15, 0.2) is 24.3 Å². The normalized spacial score (nSPS) is 23.6. The molecule has 1 fully saturated rings. The van der Waals surface area contributed by atoms with Gasteiger partial charge in [0.1, 0.15) is 5.01 Å². The van der Waals surface area contributed by atoms with Crippen LogP contribution in [0.1, 0.15) is 30.7 Å². The van der Waals surface area contributed by atoms with E-state index in [0.717, 1.165) is 10.2 Å². The fourth-order valence-corrected chi connectivity index (χ4v) is 3.77. The molecule has 0 N–H and O–H groups in total. The zero-order valence-electron chi connectivity index (χ0n) is 11.8. The Morgan fingerprint density at radius 1 is 1.52 bits per heavy atom. The summed E-state index contributed by atoms with van der Waals surface area (Å²) in [4.78, 5) is 17.1. The summed E-state index contributed by atoms with van der Waals surface area (Å²) in [5.74, 6) is -0.852. The van der Waals surface area contributed by atoms with Gasteiger partial charge in [0.05, 0.1) is 22.4 Å². The lowest BCUT2D eigenvalue weighted by molar-refractivity contribution is -0.127. The number of ketones is 1. The molecule has 0 radical (unpaired) electrons. The first kappa shape index (κ1) is 14.2. The van der Waals surface area contributed by atoms with Gasteiger partial charge >= 0.3 is 0 Å². The average Bonchev–Trinajstić information content (AvgIpc) is 2.91. The molecule has 1 aliphatic heterocycles. The summed E-state index contributed by atoms with van der Waals surface area (Å²) in [6.45, 7) is 2.56. The summed E-state index contributed by atoms with van der Waals surface area (Å²) in [6.07, 6.45) is 1.48. The smallest absolute Gasteiger partial charge is 0.160 e. The van der Waals surface area contributed by atoms with Crippen LogP contribution in [0.2, 0.25) is 0 Å². The minimum absolute atomic E-state index is 0.00768. The fourth-order valence-electron chi connectivity index (χ4n) is 2.75. The van der Waals surface area contributed by atoms with Crippen molar-refractivity contribution in [3.8, 4) is 6.07 Å². The van der Waals surface area contributed by atoms with Crippen molar-refractivity contribution in [1.82, 2.24) is 4.98 Å². The van der Waals surface area contributed by atoms with Crippen molar-refractivity contribution in [2.24, 2.45) is 5.92 Å². The van der Waals surface area contributed by atoms with E-state index in [9.17, 15) is 10.1 Å². The lowest BCUT2D eigenvalue weighted by Crippen LogP contribution is -2.31. The van der Waals surface area contributed by atoms with Gasteiger partial charge in [0.25, 0.3) is 0 Å². The molecule has 3 atom stereocenters. The largest absolute Gasteiger partial charge is 0.378 e. The van der Waals surface area contributed by atoms with Crippen molar-refractivity contribution in [2.45, 2.75) is 31.8 Å². The zero-order chi connectivity index (χ0) is 14.8. The molecule has 0 amide bonds. The average molecular weight is 300 g/mol. The molecule has 3 unspecified atom stereocenters. The Bertz CT molecular complexity index is 671. The quantitative estimate of drug-likeness (QED) is 0.872. The van der Waals surface area contributed by atoms with E-state index in [4.69, 9.17) is 4.74 Å². The van der Waals surface area contributed by atoms with E-state index in [-0.39, 0.29) is 17.8 Å². The van der Waals surface area contributed by atoms with Crippen LogP contribution in [-0.4, -0.2) is 23.5 Å². The number of hydrogen-bond acceptors (Lipinski definition) is 5. The highest BCUT2D eigenvalue weighted by molar-refractivity contribution is 7.18. The first-order valence-corrected chi connectivity index (χ1v) is 7.91. The van der Waals surface area contributed by atoms with Gasteiger partial charge in [-0.15, -0.1) is 11.3 Å². The molecule has 1 saturated heterocycles. The number of Topliss-reactive ketones (excluding diaryl/α,β-unsaturated/α-hetero) is 1. The molecular formula is C16H16N2O2S. The van der Waals surface area contributed by atoms with Crippen LogP contribution in [0.4, 0.5) is 0 Å². The number of hydrogen-bond donors (Lipinski definition) is 0. The van der Waals surface area contributed by atoms with Gasteiger partial charge in [-0.2, -0.15) is 5.26 Å². The number of nitriles is 1. The highest BCUT2D eigenvalue weighted by atomic mass is 32.1. The van der Waals surface area contributed by atoms with Gasteiger partial charge in [-0.3, -0.25) is 4.79 Å². The van der Waals surface area contributed by atoms with Crippen molar-refractivity contribution >= 4 is 27.3 Å². The van der Waals surface area contributed by atoms with Crippen molar-refractivity contribution in [3.05, 3.63) is 29.3 Å². The Kier molecular flexibility index (Phi) is 4.00. The number of aromatic nitrogens is 1. The van der Waals surface area contributed by atoms with Crippen LogP contribution in [0, 0.1) is 17.2 Å². The van der Waals surface area contributed by atoms with E-state index in [2.05, 4.69) is 11.1 Å². The number of para-hydroxylation sites is 1. The van der Waals surface area contributed by atoms with E-state index in [1.54, 1.807) is 0 Å². The van der Waals surface area contributed by atoms with Crippen molar-refractivity contribution < 1.29 is 9.53 Å². The summed E-state index contributed by atoms with van der Waals surface area (Å²) >= 11 is 1.44. The number of thiazole rings is 1. The highest BCUT2D eigenvalue weighted by Gasteiger charge is 2.33. The second-order valence-electron chi connectivity index (χ2n) is 5.39. The molecule has 0 spiro atoms. The number of ether oxygens (including phenoxy) is 1. The SMILES string of the molecule is CC1CC(C(=O)C(C#N)c2nc3ccccc3s2)CCO1. The van der Waals surface area contributed by atoms with E-state index >= 15 is 0 Å². The predicted molar refractivity (Wildman–Crippen MR) is 81.1 cm³/mol. The summed E-state index contributed by atoms with van der Waals surface area (Å²) in [5.41, 5.74) is 0.853. The third-order valence-electron chi connectivity index (χ3n) is 3.86. The standard InChI is InChI=1S/C16H16N2O2S/c1-10-8-11(6-7-20-10)15(19)12(9-17)16-18-13-4-2-3-5-14(13)21-16/h2-5,10-12H,6-8H2,1H3. The van der Waals surface area contributed by atoms with Crippen molar-refractivity contribution in [1.29, 1.82) is 5.26 Å². The first-order valence-electron chi connectivity index (χ1n) is 7.09. The Labute approximate surface area is 127 Å². The molecule has 5 heteroatoms. The molecule has 0 bridgehead atoms. The minimum Gasteiger partial charge on any atom is -0.378 e. The molecule has 4 nitrogen and oxygen atoms in total. The molecule has 1 aliphatic rings. The first-order chi connectivity index (χ1) is 10.2. The second kappa shape index (κ2) is 5.92. The van der Waals surface area contributed by atoms with Crippen LogP contribution in [0.5, 0.6) is 0 Å². The van der Waals surface area contributed by atoms with Gasteiger partial charge in [0.2, 0.25) is 0 Å². The van der Waals surface area contributed by atoms with E-state index in [0.29, 0.717) is 24.5 Å². The molecule has 0 saturated carbocycles. The van der Waals surface area contributed by atoms with Gasteiger partial charge in [0, 0.05) is 12.5 Å². The van der Waals surface area contributed by atoms with Gasteiger partial charge < -0.3 is 4.74 Å². The number of carbonyl (C=O) groups excluding carboxylic acids is 1. The summed E-state index contributed by atoms with van der Waals surface area (Å²) < 4.78 is 6.49. The third-order valence-corrected chi connectivity index (χ3v) is 4.96. The maximum absolute atomic E-state index is 12.6. The summed E-state index contributed by atoms with van der Waals surface area (Å²) in [6, 6.07) is 9.87. The van der Waals surface area contributed by atoms with Crippen LogP contribution in [0.3, 0.4) is 0 Å². The summed E-state index contributed by atoms with van der Waals surface area (Å²) in [5, 5.41) is 10.0. The number of fused-ring (bicyclic) bond motifs is 1. The topological polar surface area (TPSA) is 63.0 Å². The molecule has 108 valence electrons. The number of benzene rings is 1. The predicted octanol–water partition coefficient (Wildman–Crippen LogP) is 3.29. The zero-order valence-corrected chi connectivity index (χ0v) is 12.6. The van der Waals surface area contributed by atoms with E-state index in [1.807, 2.05) is 31.2 Å². The molecule has 1 aromatic carbocycles. The van der Waals surface area contributed by atoms with Crippen LogP contribution < -0.4 is 0 Å². The van der Waals surface area contributed by atoms with Gasteiger partial charge in [0.15, 0.2) is 11.7 Å². The van der Waals surface area contributed by atoms with E-state index in [1.165, 1.54) is 11.3 Å². The lowest BCUT2D eigenvalue weighted by atomic mass is 9.86. The Balaban J connectivity index is 1.87. The van der Waals surface area contributed by atoms with Crippen molar-refractivity contribution in [2.75, 3.05) is 6.61 Å². The Morgan fingerprint density at radius 3 is 3.05 bits per heavy atom. The summed E-state index contributed by atoms with van der Waals surface area (Å²) in [7, 11) is 0.